The normalized spacial score (nSPS) is 9.67. The van der Waals surface area contributed by atoms with E-state index in [1.165, 1.54) is 0 Å². The summed E-state index contributed by atoms with van der Waals surface area (Å²) in [6, 6.07) is 5.81. The van der Waals surface area contributed by atoms with Crippen molar-refractivity contribution in [2.24, 2.45) is 0 Å². The summed E-state index contributed by atoms with van der Waals surface area (Å²) in [6.45, 7) is 6.12. The zero-order valence-corrected chi connectivity index (χ0v) is 7.26. The number of phenolic OH excluding ortho intramolecular Hbond substituents is 1. The van der Waals surface area contributed by atoms with Crippen molar-refractivity contribution in [2.75, 3.05) is 0 Å². The van der Waals surface area contributed by atoms with Gasteiger partial charge in [-0.25, -0.2) is 0 Å². The van der Waals surface area contributed by atoms with Crippen molar-refractivity contribution in [2.45, 2.75) is 26.7 Å². The fourth-order valence-corrected chi connectivity index (χ4v) is 1.14. The van der Waals surface area contributed by atoms with Gasteiger partial charge in [0.05, 0.1) is 0 Å². The monoisotopic (exact) mass is 192 g/mol. The van der Waals surface area contributed by atoms with E-state index in [2.05, 4.69) is 13.8 Å². The van der Waals surface area contributed by atoms with Gasteiger partial charge in [0, 0.05) is 0 Å². The van der Waals surface area contributed by atoms with Gasteiger partial charge in [0.1, 0.15) is 5.75 Å². The van der Waals surface area contributed by atoms with Gasteiger partial charge in [-0.15, -0.1) is 0 Å². The summed E-state index contributed by atoms with van der Waals surface area (Å²) < 4.78 is 0. The van der Waals surface area contributed by atoms with Gasteiger partial charge in [0.2, 0.25) is 0 Å². The van der Waals surface area contributed by atoms with Gasteiger partial charge < -0.3 is 5.11 Å². The van der Waals surface area contributed by atoms with Crippen LogP contribution >= 0.6 is 0 Å². The van der Waals surface area contributed by atoms with Crippen molar-refractivity contribution in [3.8, 4) is 5.75 Å². The second-order valence-corrected chi connectivity index (χ2v) is 3.22. The number of benzene rings is 1. The van der Waals surface area contributed by atoms with Gasteiger partial charge in [-0.1, -0.05) is 26.0 Å². The SMILES string of the molecule is Cc1ccc(C(C)C)c(O)c1.[CaH2]. The third-order valence-electron chi connectivity index (χ3n) is 1.81. The number of hydrogen-bond acceptors (Lipinski definition) is 1. The molecule has 64 valence electrons. The van der Waals surface area contributed by atoms with Crippen LogP contribution in [0.4, 0.5) is 0 Å². The Morgan fingerprint density at radius 2 is 1.83 bits per heavy atom. The van der Waals surface area contributed by atoms with Crippen LogP contribution in [0.3, 0.4) is 0 Å². The van der Waals surface area contributed by atoms with E-state index < -0.39 is 0 Å². The van der Waals surface area contributed by atoms with E-state index in [1.54, 1.807) is 6.07 Å². The molecule has 0 aliphatic rings. The molecule has 0 unspecified atom stereocenters. The Labute approximate surface area is 104 Å². The van der Waals surface area contributed by atoms with Crippen LogP contribution in [0.25, 0.3) is 0 Å². The van der Waals surface area contributed by atoms with E-state index >= 15 is 0 Å². The summed E-state index contributed by atoms with van der Waals surface area (Å²) in [4.78, 5) is 0. The molecule has 0 amide bonds. The van der Waals surface area contributed by atoms with Gasteiger partial charge in [-0.2, -0.15) is 0 Å². The molecule has 0 atom stereocenters. The Kier molecular flexibility index (Phi) is 5.22. The van der Waals surface area contributed by atoms with Gasteiger partial charge in [0.15, 0.2) is 0 Å². The average Bonchev–Trinajstić information content (AvgIpc) is 1.85. The summed E-state index contributed by atoms with van der Waals surface area (Å²) in [6.07, 6.45) is 0. The predicted molar refractivity (Wildman–Crippen MR) is 55.5 cm³/mol. The Hall–Kier alpha value is 0.280. The molecular formula is C10H16CaO. The Balaban J connectivity index is 0.00000121. The third kappa shape index (κ3) is 2.96. The van der Waals surface area contributed by atoms with Crippen LogP contribution in [-0.2, 0) is 0 Å². The van der Waals surface area contributed by atoms with Gasteiger partial charge >= 0.3 is 37.7 Å². The number of phenols is 1. The van der Waals surface area contributed by atoms with Crippen molar-refractivity contribution in [1.29, 1.82) is 0 Å². The average molecular weight is 192 g/mol. The van der Waals surface area contributed by atoms with E-state index in [-0.39, 0.29) is 37.7 Å². The Bertz CT molecular complexity index is 256. The van der Waals surface area contributed by atoms with Gasteiger partial charge in [-0.05, 0) is 30.0 Å². The van der Waals surface area contributed by atoms with Crippen LogP contribution in [0, 0.1) is 6.92 Å². The Morgan fingerprint density at radius 3 is 2.25 bits per heavy atom. The molecule has 0 spiro atoms. The maximum absolute atomic E-state index is 9.46. The molecule has 0 aliphatic carbocycles. The van der Waals surface area contributed by atoms with Gasteiger partial charge in [-0.3, -0.25) is 0 Å². The second kappa shape index (κ2) is 5.11. The number of rotatable bonds is 1. The van der Waals surface area contributed by atoms with Crippen LogP contribution in [0.1, 0.15) is 30.9 Å². The summed E-state index contributed by atoms with van der Waals surface area (Å²) in [5.41, 5.74) is 2.13. The molecule has 12 heavy (non-hydrogen) atoms. The molecule has 1 aromatic carbocycles. The van der Waals surface area contributed by atoms with E-state index in [9.17, 15) is 5.11 Å². The van der Waals surface area contributed by atoms with E-state index in [4.69, 9.17) is 0 Å². The summed E-state index contributed by atoms with van der Waals surface area (Å²) in [5.74, 6) is 0.815. The first-order chi connectivity index (χ1) is 5.11. The fourth-order valence-electron chi connectivity index (χ4n) is 1.14. The molecule has 1 aromatic rings. The van der Waals surface area contributed by atoms with Crippen molar-refractivity contribution in [1.82, 2.24) is 0 Å². The molecule has 0 saturated heterocycles. The van der Waals surface area contributed by atoms with E-state index in [0.717, 1.165) is 11.1 Å². The van der Waals surface area contributed by atoms with Crippen LogP contribution in [0.2, 0.25) is 0 Å². The fraction of sp³-hybridized carbons (Fsp3) is 0.400. The predicted octanol–water partition coefficient (Wildman–Crippen LogP) is 1.91. The van der Waals surface area contributed by atoms with Crippen LogP contribution in [0.5, 0.6) is 5.75 Å². The number of aryl methyl sites for hydroxylation is 1. The molecule has 0 bridgehead atoms. The molecule has 0 aliphatic heterocycles. The first kappa shape index (κ1) is 12.3. The molecule has 0 aromatic heterocycles. The Morgan fingerprint density at radius 1 is 1.25 bits per heavy atom. The third-order valence-corrected chi connectivity index (χ3v) is 1.81. The molecule has 2 heteroatoms. The van der Waals surface area contributed by atoms with E-state index in [1.807, 2.05) is 19.1 Å². The minimum atomic E-state index is 0. The first-order valence-corrected chi connectivity index (χ1v) is 3.91. The first-order valence-electron chi connectivity index (χ1n) is 3.91. The van der Waals surface area contributed by atoms with Crippen molar-refractivity contribution >= 4 is 37.7 Å². The van der Waals surface area contributed by atoms with Crippen molar-refractivity contribution < 1.29 is 5.11 Å². The van der Waals surface area contributed by atoms with E-state index in [0.29, 0.717) is 11.7 Å². The molecule has 0 saturated carbocycles. The maximum atomic E-state index is 9.46. The van der Waals surface area contributed by atoms with Crippen molar-refractivity contribution in [3.63, 3.8) is 0 Å². The zero-order chi connectivity index (χ0) is 8.43. The van der Waals surface area contributed by atoms with Crippen LogP contribution in [-0.4, -0.2) is 42.8 Å². The van der Waals surface area contributed by atoms with Gasteiger partial charge in [0.25, 0.3) is 0 Å². The van der Waals surface area contributed by atoms with Crippen LogP contribution < -0.4 is 0 Å². The zero-order valence-electron chi connectivity index (χ0n) is 7.26. The molecule has 0 radical (unpaired) electrons. The standard InChI is InChI=1S/C10H14O.Ca.2H/c1-7(2)9-5-4-8(3)6-10(9)11;;;/h4-7,11H,1-3H3;;;. The van der Waals surface area contributed by atoms with Crippen molar-refractivity contribution in [3.05, 3.63) is 29.3 Å². The molecule has 0 fully saturated rings. The summed E-state index contributed by atoms with van der Waals surface area (Å²) >= 11 is 0. The molecule has 0 heterocycles. The van der Waals surface area contributed by atoms with Crippen LogP contribution in [0.15, 0.2) is 18.2 Å². The number of aromatic hydroxyl groups is 1. The second-order valence-electron chi connectivity index (χ2n) is 3.22. The minimum absolute atomic E-state index is 0. The topological polar surface area (TPSA) is 20.2 Å². The molecule has 1 rings (SSSR count). The quantitative estimate of drug-likeness (QED) is 0.674. The molecule has 1 nitrogen and oxygen atoms in total. The summed E-state index contributed by atoms with van der Waals surface area (Å²) in [5, 5.41) is 9.46. The molecule has 1 N–H and O–H groups in total. The molecular weight excluding hydrogens is 176 g/mol. The summed E-state index contributed by atoms with van der Waals surface area (Å²) in [7, 11) is 0. The number of hydrogen-bond donors (Lipinski definition) is 1.